The summed E-state index contributed by atoms with van der Waals surface area (Å²) in [5, 5.41) is 0. The molecule has 0 spiro atoms. The third-order valence-electron chi connectivity index (χ3n) is 5.62. The number of esters is 1. The fourth-order valence-corrected chi connectivity index (χ4v) is 4.47. The van der Waals surface area contributed by atoms with E-state index in [1.54, 1.807) is 6.08 Å². The van der Waals surface area contributed by atoms with Gasteiger partial charge in [0.2, 0.25) is 0 Å². The molecular formula is C20H26FNO2. The van der Waals surface area contributed by atoms with Crippen molar-refractivity contribution in [3.8, 4) is 0 Å². The number of benzene rings is 1. The van der Waals surface area contributed by atoms with E-state index in [0.717, 1.165) is 19.3 Å². The summed E-state index contributed by atoms with van der Waals surface area (Å²) in [6.07, 6.45) is 6.51. The number of piperidine rings is 1. The van der Waals surface area contributed by atoms with Gasteiger partial charge in [-0.05, 0) is 31.7 Å². The van der Waals surface area contributed by atoms with Crippen molar-refractivity contribution in [1.82, 2.24) is 4.90 Å². The monoisotopic (exact) mass is 331 g/mol. The first-order valence-corrected chi connectivity index (χ1v) is 8.76. The summed E-state index contributed by atoms with van der Waals surface area (Å²) in [6, 6.07) is 9.17. The quantitative estimate of drug-likeness (QED) is 0.609. The highest BCUT2D eigenvalue weighted by Gasteiger charge is 2.50. The number of methoxy groups -OCH3 is 1. The van der Waals surface area contributed by atoms with Crippen molar-refractivity contribution in [2.75, 3.05) is 20.3 Å². The van der Waals surface area contributed by atoms with Crippen LogP contribution in [0.15, 0.2) is 36.4 Å². The van der Waals surface area contributed by atoms with Crippen LogP contribution in [0.1, 0.15) is 36.3 Å². The molecule has 2 saturated heterocycles. The fourth-order valence-electron chi connectivity index (χ4n) is 4.47. The number of halogens is 1. The molecule has 1 aromatic carbocycles. The lowest BCUT2D eigenvalue weighted by Gasteiger charge is -2.43. The number of ether oxygens (including phenoxy) is 1. The zero-order valence-electron chi connectivity index (χ0n) is 14.5. The highest BCUT2D eigenvalue weighted by molar-refractivity contribution is 5.75. The number of carbonyl (C=O) groups excluding carboxylic acids is 1. The smallest absolute Gasteiger partial charge is 0.310 e. The summed E-state index contributed by atoms with van der Waals surface area (Å²) in [6.45, 7) is 2.36. The molecule has 4 heteroatoms. The number of aryl methyl sites for hydroxylation is 1. The summed E-state index contributed by atoms with van der Waals surface area (Å²) in [4.78, 5) is 14.9. The molecular weight excluding hydrogens is 305 g/mol. The predicted molar refractivity (Wildman–Crippen MR) is 92.7 cm³/mol. The average molecular weight is 331 g/mol. The molecule has 1 aromatic rings. The van der Waals surface area contributed by atoms with Crippen LogP contribution in [-0.2, 0) is 9.53 Å². The van der Waals surface area contributed by atoms with Gasteiger partial charge in [-0.15, -0.1) is 0 Å². The number of alkyl halides is 1. The number of fused-ring (bicyclic) bond motifs is 2. The van der Waals surface area contributed by atoms with Crippen molar-refractivity contribution >= 4 is 5.97 Å². The molecule has 2 bridgehead atoms. The average Bonchev–Trinajstić information content (AvgIpc) is 2.87. The minimum absolute atomic E-state index is 0.120. The number of hydrogen-bond donors (Lipinski definition) is 0. The molecule has 3 nitrogen and oxygen atoms in total. The van der Waals surface area contributed by atoms with Gasteiger partial charge in [0.1, 0.15) is 6.67 Å². The van der Waals surface area contributed by atoms with Crippen molar-refractivity contribution in [3.63, 3.8) is 0 Å². The van der Waals surface area contributed by atoms with Crippen LogP contribution in [0, 0.1) is 12.8 Å². The Hall–Kier alpha value is -1.68. The molecule has 0 amide bonds. The van der Waals surface area contributed by atoms with Crippen LogP contribution in [0.4, 0.5) is 4.39 Å². The third kappa shape index (κ3) is 3.25. The maximum absolute atomic E-state index is 12.6. The van der Waals surface area contributed by atoms with Gasteiger partial charge < -0.3 is 4.74 Å². The lowest BCUT2D eigenvalue weighted by atomic mass is 9.76. The molecule has 0 saturated carbocycles. The van der Waals surface area contributed by atoms with Gasteiger partial charge in [-0.1, -0.05) is 42.0 Å². The summed E-state index contributed by atoms with van der Waals surface area (Å²) in [5.41, 5.74) is 2.46. The van der Waals surface area contributed by atoms with E-state index in [-0.39, 0.29) is 23.8 Å². The van der Waals surface area contributed by atoms with Crippen molar-refractivity contribution in [1.29, 1.82) is 0 Å². The Kier molecular flexibility index (Phi) is 5.34. The molecule has 0 aromatic heterocycles. The van der Waals surface area contributed by atoms with E-state index < -0.39 is 6.67 Å². The Morgan fingerprint density at radius 3 is 2.71 bits per heavy atom. The largest absolute Gasteiger partial charge is 0.469 e. The summed E-state index contributed by atoms with van der Waals surface area (Å²) in [5.74, 6) is -0.0578. The summed E-state index contributed by atoms with van der Waals surface area (Å²) < 4.78 is 17.5. The van der Waals surface area contributed by atoms with E-state index in [0.29, 0.717) is 12.6 Å². The Morgan fingerprint density at radius 2 is 2.04 bits per heavy atom. The van der Waals surface area contributed by atoms with E-state index in [4.69, 9.17) is 4.74 Å². The topological polar surface area (TPSA) is 29.5 Å². The van der Waals surface area contributed by atoms with Crippen LogP contribution in [-0.4, -0.2) is 43.3 Å². The number of allylic oxidation sites excluding steroid dienone is 1. The van der Waals surface area contributed by atoms with E-state index >= 15 is 0 Å². The zero-order chi connectivity index (χ0) is 17.1. The second kappa shape index (κ2) is 7.47. The molecule has 0 N–H and O–H groups in total. The minimum atomic E-state index is -0.435. The van der Waals surface area contributed by atoms with Crippen LogP contribution in [0.25, 0.3) is 0 Å². The molecule has 2 aliphatic heterocycles. The highest BCUT2D eigenvalue weighted by Crippen LogP contribution is 2.47. The lowest BCUT2D eigenvalue weighted by molar-refractivity contribution is -0.150. The normalized spacial score (nSPS) is 30.0. The van der Waals surface area contributed by atoms with Crippen molar-refractivity contribution in [2.24, 2.45) is 5.92 Å². The standard InChI is InChI=1S/C20H26FNO2/c1-14-5-7-15(8-6-14)17-13-16-9-10-18(19(17)20(23)24-2)22(16)12-4-3-11-21/h3-8,16-19H,9-13H2,1-2H3/t16?,17-,18?,19+/m1/s1. The number of carbonyl (C=O) groups is 1. The molecule has 3 rings (SSSR count). The van der Waals surface area contributed by atoms with Gasteiger partial charge in [0.25, 0.3) is 0 Å². The first-order valence-electron chi connectivity index (χ1n) is 8.76. The van der Waals surface area contributed by atoms with Crippen LogP contribution >= 0.6 is 0 Å². The fraction of sp³-hybridized carbons (Fsp3) is 0.550. The van der Waals surface area contributed by atoms with Crippen LogP contribution in [0.5, 0.6) is 0 Å². The van der Waals surface area contributed by atoms with Gasteiger partial charge in [-0.25, -0.2) is 4.39 Å². The first kappa shape index (κ1) is 17.2. The summed E-state index contributed by atoms with van der Waals surface area (Å²) >= 11 is 0. The second-order valence-corrected chi connectivity index (χ2v) is 6.92. The molecule has 2 fully saturated rings. The predicted octanol–water partition coefficient (Wildman–Crippen LogP) is 3.63. The molecule has 0 aliphatic carbocycles. The van der Waals surface area contributed by atoms with Gasteiger partial charge in [0, 0.05) is 24.5 Å². The molecule has 24 heavy (non-hydrogen) atoms. The molecule has 0 radical (unpaired) electrons. The third-order valence-corrected chi connectivity index (χ3v) is 5.62. The van der Waals surface area contributed by atoms with Gasteiger partial charge in [-0.2, -0.15) is 0 Å². The Bertz CT molecular complexity index is 598. The van der Waals surface area contributed by atoms with Gasteiger partial charge in [-0.3, -0.25) is 9.69 Å². The van der Waals surface area contributed by atoms with Gasteiger partial charge >= 0.3 is 5.97 Å². The Morgan fingerprint density at radius 1 is 1.29 bits per heavy atom. The van der Waals surface area contributed by atoms with Crippen LogP contribution in [0.3, 0.4) is 0 Å². The highest BCUT2D eigenvalue weighted by atomic mass is 19.1. The molecule has 2 aliphatic rings. The maximum Gasteiger partial charge on any atom is 0.310 e. The Balaban J connectivity index is 1.87. The SMILES string of the molecule is COC(=O)[C@@H]1C2CCC(C[C@@H]1c1ccc(C)cc1)N2CC=CCF. The van der Waals surface area contributed by atoms with E-state index in [9.17, 15) is 9.18 Å². The maximum atomic E-state index is 12.6. The number of hydrogen-bond acceptors (Lipinski definition) is 3. The van der Waals surface area contributed by atoms with Crippen LogP contribution in [0.2, 0.25) is 0 Å². The number of rotatable bonds is 5. The zero-order valence-corrected chi connectivity index (χ0v) is 14.5. The number of nitrogens with zero attached hydrogens (tertiary/aromatic N) is 1. The van der Waals surface area contributed by atoms with E-state index in [1.807, 2.05) is 6.08 Å². The summed E-state index contributed by atoms with van der Waals surface area (Å²) in [7, 11) is 1.48. The second-order valence-electron chi connectivity index (χ2n) is 6.92. The van der Waals surface area contributed by atoms with Crippen LogP contribution < -0.4 is 0 Å². The first-order chi connectivity index (χ1) is 11.7. The van der Waals surface area contributed by atoms with E-state index in [1.165, 1.54) is 18.2 Å². The van der Waals surface area contributed by atoms with Gasteiger partial charge in [0.05, 0.1) is 13.0 Å². The molecule has 2 heterocycles. The molecule has 130 valence electrons. The van der Waals surface area contributed by atoms with Crippen molar-refractivity contribution < 1.29 is 13.9 Å². The Labute approximate surface area is 143 Å². The van der Waals surface area contributed by atoms with E-state index in [2.05, 4.69) is 36.1 Å². The van der Waals surface area contributed by atoms with Gasteiger partial charge in [0.15, 0.2) is 0 Å². The minimum Gasteiger partial charge on any atom is -0.469 e. The lowest BCUT2D eigenvalue weighted by Crippen LogP contribution is -2.50. The van der Waals surface area contributed by atoms with Crippen molar-refractivity contribution in [3.05, 3.63) is 47.5 Å². The van der Waals surface area contributed by atoms with Crippen molar-refractivity contribution in [2.45, 2.75) is 44.2 Å². The molecule has 2 unspecified atom stereocenters. The molecule has 4 atom stereocenters.